The Bertz CT molecular complexity index is 638. The van der Waals surface area contributed by atoms with Crippen LogP contribution in [-0.2, 0) is 0 Å². The van der Waals surface area contributed by atoms with Crippen molar-refractivity contribution in [3.8, 4) is 11.5 Å². The Labute approximate surface area is 120 Å². The molecule has 0 aliphatic rings. The molecule has 3 nitrogen and oxygen atoms in total. The SMILES string of the molecule is Cc1ccc(Br)cc1Oc1ccc(C(N)=O)c(C)c1. The highest BCUT2D eigenvalue weighted by atomic mass is 79.9. The van der Waals surface area contributed by atoms with Crippen molar-refractivity contribution < 1.29 is 9.53 Å². The average Bonchev–Trinajstić information content (AvgIpc) is 2.33. The lowest BCUT2D eigenvalue weighted by molar-refractivity contribution is 0.0999. The van der Waals surface area contributed by atoms with Gasteiger partial charge < -0.3 is 10.5 Å². The fourth-order valence-corrected chi connectivity index (χ4v) is 2.13. The van der Waals surface area contributed by atoms with E-state index in [9.17, 15) is 4.79 Å². The molecular weight excluding hydrogens is 306 g/mol. The highest BCUT2D eigenvalue weighted by Gasteiger charge is 2.07. The summed E-state index contributed by atoms with van der Waals surface area (Å²) in [6, 6.07) is 11.1. The van der Waals surface area contributed by atoms with Gasteiger partial charge >= 0.3 is 0 Å². The lowest BCUT2D eigenvalue weighted by Crippen LogP contribution is -2.12. The second-order valence-electron chi connectivity index (χ2n) is 4.35. The van der Waals surface area contributed by atoms with Gasteiger partial charge in [0.15, 0.2) is 0 Å². The van der Waals surface area contributed by atoms with Crippen molar-refractivity contribution >= 4 is 21.8 Å². The Morgan fingerprint density at radius 2 is 1.84 bits per heavy atom. The van der Waals surface area contributed by atoms with Gasteiger partial charge in [-0.05, 0) is 55.3 Å². The summed E-state index contributed by atoms with van der Waals surface area (Å²) in [7, 11) is 0. The predicted molar refractivity (Wildman–Crippen MR) is 78.6 cm³/mol. The van der Waals surface area contributed by atoms with Crippen LogP contribution in [0.2, 0.25) is 0 Å². The van der Waals surface area contributed by atoms with Crippen molar-refractivity contribution in [3.63, 3.8) is 0 Å². The number of hydrogen-bond donors (Lipinski definition) is 1. The molecule has 0 aliphatic carbocycles. The van der Waals surface area contributed by atoms with E-state index in [0.29, 0.717) is 11.3 Å². The van der Waals surface area contributed by atoms with Crippen LogP contribution in [0.5, 0.6) is 11.5 Å². The maximum atomic E-state index is 11.2. The minimum atomic E-state index is -0.428. The van der Waals surface area contributed by atoms with Crippen LogP contribution >= 0.6 is 15.9 Å². The van der Waals surface area contributed by atoms with Gasteiger partial charge in [0.1, 0.15) is 11.5 Å². The van der Waals surface area contributed by atoms with Crippen LogP contribution in [0, 0.1) is 13.8 Å². The van der Waals surface area contributed by atoms with Gasteiger partial charge in [0.05, 0.1) is 0 Å². The number of halogens is 1. The summed E-state index contributed by atoms with van der Waals surface area (Å²) in [6.45, 7) is 3.81. The molecule has 0 unspecified atom stereocenters. The third-order valence-electron chi connectivity index (χ3n) is 2.84. The van der Waals surface area contributed by atoms with Crippen molar-refractivity contribution in [1.29, 1.82) is 0 Å². The summed E-state index contributed by atoms with van der Waals surface area (Å²) < 4.78 is 6.78. The van der Waals surface area contributed by atoms with E-state index in [4.69, 9.17) is 10.5 Å². The molecule has 0 bridgehead atoms. The maximum absolute atomic E-state index is 11.2. The number of nitrogens with two attached hydrogens (primary N) is 1. The highest BCUT2D eigenvalue weighted by molar-refractivity contribution is 9.10. The van der Waals surface area contributed by atoms with E-state index in [1.54, 1.807) is 18.2 Å². The zero-order valence-corrected chi connectivity index (χ0v) is 12.3. The van der Waals surface area contributed by atoms with Gasteiger partial charge in [0, 0.05) is 10.0 Å². The van der Waals surface area contributed by atoms with E-state index >= 15 is 0 Å². The smallest absolute Gasteiger partial charge is 0.248 e. The molecule has 0 aromatic heterocycles. The molecule has 4 heteroatoms. The Morgan fingerprint density at radius 3 is 2.47 bits per heavy atom. The van der Waals surface area contributed by atoms with Crippen LogP contribution in [-0.4, -0.2) is 5.91 Å². The van der Waals surface area contributed by atoms with Crippen LogP contribution in [0.15, 0.2) is 40.9 Å². The highest BCUT2D eigenvalue weighted by Crippen LogP contribution is 2.29. The van der Waals surface area contributed by atoms with Crippen molar-refractivity contribution in [2.24, 2.45) is 5.73 Å². The summed E-state index contributed by atoms with van der Waals surface area (Å²) in [5.41, 5.74) is 7.63. The third-order valence-corrected chi connectivity index (χ3v) is 3.33. The Morgan fingerprint density at radius 1 is 1.11 bits per heavy atom. The number of amides is 1. The monoisotopic (exact) mass is 319 g/mol. The summed E-state index contributed by atoms with van der Waals surface area (Å²) >= 11 is 3.41. The molecule has 0 saturated carbocycles. The molecular formula is C15H14BrNO2. The molecule has 2 aromatic carbocycles. The van der Waals surface area contributed by atoms with Crippen LogP contribution in [0.4, 0.5) is 0 Å². The topological polar surface area (TPSA) is 52.3 Å². The number of ether oxygens (including phenoxy) is 1. The third kappa shape index (κ3) is 3.15. The van der Waals surface area contributed by atoms with E-state index < -0.39 is 5.91 Å². The molecule has 0 aliphatic heterocycles. The van der Waals surface area contributed by atoms with E-state index in [1.807, 2.05) is 32.0 Å². The number of carbonyl (C=O) groups excluding carboxylic acids is 1. The molecule has 0 atom stereocenters. The zero-order valence-electron chi connectivity index (χ0n) is 10.7. The molecule has 2 aromatic rings. The molecule has 19 heavy (non-hydrogen) atoms. The standard InChI is InChI=1S/C15H14BrNO2/c1-9-3-4-11(16)8-14(9)19-12-5-6-13(15(17)18)10(2)7-12/h3-8H,1-2H3,(H2,17,18). The number of benzene rings is 2. The van der Waals surface area contributed by atoms with Crippen molar-refractivity contribution in [1.82, 2.24) is 0 Å². The van der Waals surface area contributed by atoms with Gasteiger partial charge in [0.2, 0.25) is 5.91 Å². The van der Waals surface area contributed by atoms with Gasteiger partial charge in [-0.2, -0.15) is 0 Å². The van der Waals surface area contributed by atoms with Crippen molar-refractivity contribution in [2.75, 3.05) is 0 Å². The second-order valence-corrected chi connectivity index (χ2v) is 5.27. The molecule has 2 rings (SSSR count). The number of carbonyl (C=O) groups is 1. The molecule has 0 saturated heterocycles. The Hall–Kier alpha value is -1.81. The fraction of sp³-hybridized carbons (Fsp3) is 0.133. The van der Waals surface area contributed by atoms with Gasteiger partial charge in [-0.25, -0.2) is 0 Å². The largest absolute Gasteiger partial charge is 0.457 e. The summed E-state index contributed by atoms with van der Waals surface area (Å²) in [6.07, 6.45) is 0. The van der Waals surface area contributed by atoms with Crippen molar-refractivity contribution in [2.45, 2.75) is 13.8 Å². The van der Waals surface area contributed by atoms with Crippen molar-refractivity contribution in [3.05, 3.63) is 57.6 Å². The fourth-order valence-electron chi connectivity index (χ4n) is 1.79. The molecule has 2 N–H and O–H groups in total. The normalized spacial score (nSPS) is 10.3. The van der Waals surface area contributed by atoms with E-state index in [0.717, 1.165) is 21.3 Å². The van der Waals surface area contributed by atoms with Gasteiger partial charge in [-0.1, -0.05) is 22.0 Å². The van der Waals surface area contributed by atoms with E-state index in [1.165, 1.54) is 0 Å². The first-order chi connectivity index (χ1) is 8.97. The zero-order chi connectivity index (χ0) is 14.0. The Balaban J connectivity index is 2.31. The quantitative estimate of drug-likeness (QED) is 0.931. The summed E-state index contributed by atoms with van der Waals surface area (Å²) in [5.74, 6) is 1.03. The first kappa shape index (κ1) is 13.6. The Kier molecular flexibility index (Phi) is 3.90. The predicted octanol–water partition coefficient (Wildman–Crippen LogP) is 3.96. The molecule has 0 radical (unpaired) electrons. The summed E-state index contributed by atoms with van der Waals surface area (Å²) in [4.78, 5) is 11.2. The van der Waals surface area contributed by atoms with Crippen LogP contribution in [0.1, 0.15) is 21.5 Å². The van der Waals surface area contributed by atoms with E-state index in [-0.39, 0.29) is 0 Å². The van der Waals surface area contributed by atoms with Gasteiger partial charge in [-0.15, -0.1) is 0 Å². The molecule has 0 spiro atoms. The minimum Gasteiger partial charge on any atom is -0.457 e. The average molecular weight is 320 g/mol. The number of hydrogen-bond acceptors (Lipinski definition) is 2. The lowest BCUT2D eigenvalue weighted by Gasteiger charge is -2.11. The lowest BCUT2D eigenvalue weighted by atomic mass is 10.1. The molecule has 0 fully saturated rings. The van der Waals surface area contributed by atoms with Crippen LogP contribution in [0.3, 0.4) is 0 Å². The molecule has 0 heterocycles. The number of aryl methyl sites for hydroxylation is 2. The maximum Gasteiger partial charge on any atom is 0.248 e. The first-order valence-corrected chi connectivity index (χ1v) is 6.61. The molecule has 1 amide bonds. The van der Waals surface area contributed by atoms with Crippen LogP contribution < -0.4 is 10.5 Å². The number of primary amides is 1. The molecule has 98 valence electrons. The number of rotatable bonds is 3. The van der Waals surface area contributed by atoms with E-state index in [2.05, 4.69) is 15.9 Å². The summed E-state index contributed by atoms with van der Waals surface area (Å²) in [5, 5.41) is 0. The van der Waals surface area contributed by atoms with Crippen LogP contribution in [0.25, 0.3) is 0 Å². The minimum absolute atomic E-state index is 0.428. The second kappa shape index (κ2) is 5.45. The first-order valence-electron chi connectivity index (χ1n) is 5.82. The van der Waals surface area contributed by atoms with Gasteiger partial charge in [0.25, 0.3) is 0 Å². The van der Waals surface area contributed by atoms with Gasteiger partial charge in [-0.3, -0.25) is 4.79 Å².